The van der Waals surface area contributed by atoms with Crippen LogP contribution < -0.4 is 0 Å². The van der Waals surface area contributed by atoms with Crippen LogP contribution in [0.3, 0.4) is 0 Å². The number of aryl methyl sites for hydroxylation is 1. The van der Waals surface area contributed by atoms with Gasteiger partial charge in [0.1, 0.15) is 11.9 Å². The van der Waals surface area contributed by atoms with Crippen LogP contribution >= 0.6 is 23.2 Å². The highest BCUT2D eigenvalue weighted by Gasteiger charge is 2.29. The molecule has 1 N–H and O–H groups in total. The van der Waals surface area contributed by atoms with Crippen molar-refractivity contribution < 1.29 is 23.1 Å². The van der Waals surface area contributed by atoms with Crippen molar-refractivity contribution in [2.75, 3.05) is 13.1 Å². The highest BCUT2D eigenvalue weighted by Crippen LogP contribution is 2.42. The van der Waals surface area contributed by atoms with E-state index in [0.29, 0.717) is 53.7 Å². The summed E-state index contributed by atoms with van der Waals surface area (Å²) in [6.45, 7) is 8.46. The molecule has 0 aliphatic carbocycles. The Morgan fingerprint density at radius 1 is 1.00 bits per heavy atom. The minimum absolute atomic E-state index is 0.00809. The summed E-state index contributed by atoms with van der Waals surface area (Å²) in [5, 5.41) is 15.3. The molecule has 0 bridgehead atoms. The number of nitrogens with zero attached hydrogens (tertiary/aromatic N) is 6. The Balaban J connectivity index is 1.42. The van der Waals surface area contributed by atoms with Gasteiger partial charge in [0.25, 0.3) is 10.0 Å². The minimum atomic E-state index is -4.08. The zero-order valence-electron chi connectivity index (χ0n) is 25.6. The predicted octanol–water partition coefficient (Wildman–Crippen LogP) is 7.09. The average molecular weight is 684 g/mol. The van der Waals surface area contributed by atoms with Gasteiger partial charge in [-0.2, -0.15) is 5.10 Å². The maximum Gasteiger partial charge on any atom is 0.410 e. The number of amides is 1. The number of aromatic nitrogens is 5. The summed E-state index contributed by atoms with van der Waals surface area (Å²) in [5.41, 5.74) is 2.51. The van der Waals surface area contributed by atoms with Gasteiger partial charge in [-0.15, -0.1) is 0 Å². The number of rotatable bonds is 5. The van der Waals surface area contributed by atoms with Crippen molar-refractivity contribution in [3.8, 4) is 28.1 Å². The van der Waals surface area contributed by atoms with Gasteiger partial charge < -0.3 is 14.7 Å². The second kappa shape index (κ2) is 11.9. The third-order valence-corrected chi connectivity index (χ3v) is 10.1. The second-order valence-electron chi connectivity index (χ2n) is 12.3. The number of phenolic OH excluding ortho intramolecular Hbond substituents is 1. The number of carbonyl (C=O) groups is 1. The summed E-state index contributed by atoms with van der Waals surface area (Å²) in [7, 11) is -4.08. The SMILES string of the molecule is Cc1ccc(S(=O)(=O)n2cc(-c3cc(Cl)c(O)c(Cl)c3)c3c(-c4cnn(C5CCN(C(=O)OC(C)(C)C)CC5)c4)ncnc32)cc1. The molecule has 11 nitrogen and oxygen atoms in total. The Labute approximate surface area is 276 Å². The molecule has 1 aliphatic heterocycles. The third-order valence-electron chi connectivity index (χ3n) is 7.82. The molecule has 2 aromatic carbocycles. The van der Waals surface area contributed by atoms with Crippen LogP contribution in [0, 0.1) is 6.92 Å². The summed E-state index contributed by atoms with van der Waals surface area (Å²) in [4.78, 5) is 23.3. The fraction of sp³-hybridized carbons (Fsp3) is 0.312. The number of carbonyl (C=O) groups excluding carboxylic acids is 1. The maximum atomic E-state index is 14.0. The predicted molar refractivity (Wildman–Crippen MR) is 176 cm³/mol. The number of piperidine rings is 1. The Kier molecular flexibility index (Phi) is 8.24. The quantitative estimate of drug-likeness (QED) is 0.208. The smallest absolute Gasteiger partial charge is 0.410 e. The first-order chi connectivity index (χ1) is 21.7. The molecule has 0 unspecified atom stereocenters. The van der Waals surface area contributed by atoms with Crippen molar-refractivity contribution in [3.63, 3.8) is 0 Å². The molecule has 6 rings (SSSR count). The fourth-order valence-corrected chi connectivity index (χ4v) is 7.30. The second-order valence-corrected chi connectivity index (χ2v) is 14.9. The van der Waals surface area contributed by atoms with Crippen molar-refractivity contribution in [3.05, 3.63) is 76.9 Å². The van der Waals surface area contributed by atoms with E-state index in [-0.39, 0.29) is 38.5 Å². The number of phenols is 1. The standard InChI is InChI=1S/C32H32Cl2N6O5S/c1-19-5-7-23(8-6-19)46(43,44)40-17-24(20-13-25(33)29(41)26(34)14-20)27-28(35-18-36-30(27)40)21-15-37-39(16-21)22-9-11-38(12-10-22)31(42)45-32(2,3)4/h5-8,13-18,22,41H,9-12H2,1-4H3. The normalized spacial score (nSPS) is 14.6. The van der Waals surface area contributed by atoms with E-state index in [1.807, 2.05) is 38.6 Å². The van der Waals surface area contributed by atoms with Gasteiger partial charge in [-0.3, -0.25) is 4.68 Å². The lowest BCUT2D eigenvalue weighted by Crippen LogP contribution is -2.42. The van der Waals surface area contributed by atoms with Gasteiger partial charge in [0.2, 0.25) is 0 Å². The lowest BCUT2D eigenvalue weighted by atomic mass is 10.0. The number of fused-ring (bicyclic) bond motifs is 1. The van der Waals surface area contributed by atoms with Gasteiger partial charge in [0, 0.05) is 36.6 Å². The van der Waals surface area contributed by atoms with E-state index >= 15 is 0 Å². The van der Waals surface area contributed by atoms with Crippen LogP contribution in [0.5, 0.6) is 5.75 Å². The summed E-state index contributed by atoms with van der Waals surface area (Å²) >= 11 is 12.6. The molecule has 46 heavy (non-hydrogen) atoms. The topological polar surface area (TPSA) is 132 Å². The monoisotopic (exact) mass is 682 g/mol. The number of halogens is 2. The van der Waals surface area contributed by atoms with Crippen molar-refractivity contribution in [2.24, 2.45) is 0 Å². The Morgan fingerprint density at radius 3 is 2.28 bits per heavy atom. The average Bonchev–Trinajstić information content (AvgIpc) is 3.65. The Morgan fingerprint density at radius 2 is 1.65 bits per heavy atom. The van der Waals surface area contributed by atoms with Gasteiger partial charge >= 0.3 is 6.09 Å². The first-order valence-electron chi connectivity index (χ1n) is 14.6. The molecule has 240 valence electrons. The van der Waals surface area contributed by atoms with Crippen LogP contribution in [0.15, 0.2) is 66.2 Å². The van der Waals surface area contributed by atoms with E-state index in [2.05, 4.69) is 15.1 Å². The molecule has 5 aromatic rings. The summed E-state index contributed by atoms with van der Waals surface area (Å²) in [6.07, 6.45) is 7.35. The molecule has 1 fully saturated rings. The van der Waals surface area contributed by atoms with E-state index < -0.39 is 15.6 Å². The molecular formula is C32H32Cl2N6O5S. The lowest BCUT2D eigenvalue weighted by Gasteiger charge is -2.33. The Bertz CT molecular complexity index is 2040. The van der Waals surface area contributed by atoms with Gasteiger partial charge in [-0.25, -0.2) is 27.2 Å². The molecule has 3 aromatic heterocycles. The third kappa shape index (κ3) is 6.04. The van der Waals surface area contributed by atoms with Crippen LogP contribution in [-0.2, 0) is 14.8 Å². The summed E-state index contributed by atoms with van der Waals surface area (Å²) in [6, 6.07) is 9.61. The first-order valence-corrected chi connectivity index (χ1v) is 16.8. The Hall–Kier alpha value is -4.13. The van der Waals surface area contributed by atoms with E-state index in [9.17, 15) is 18.3 Å². The van der Waals surface area contributed by atoms with Crippen molar-refractivity contribution in [1.29, 1.82) is 0 Å². The van der Waals surface area contributed by atoms with E-state index in [1.165, 1.54) is 24.7 Å². The fourth-order valence-electron chi connectivity index (χ4n) is 5.50. The molecule has 0 atom stereocenters. The van der Waals surface area contributed by atoms with Crippen LogP contribution in [-0.4, -0.2) is 66.9 Å². The summed E-state index contributed by atoms with van der Waals surface area (Å²) < 4.78 is 36.4. The zero-order chi connectivity index (χ0) is 33.0. The molecular weight excluding hydrogens is 651 g/mol. The van der Waals surface area contributed by atoms with Crippen LogP contribution in [0.4, 0.5) is 4.79 Å². The minimum Gasteiger partial charge on any atom is -0.505 e. The molecule has 4 heterocycles. The van der Waals surface area contributed by atoms with Crippen molar-refractivity contribution in [1.82, 2.24) is 28.6 Å². The molecule has 14 heteroatoms. The first kappa shape index (κ1) is 31.8. The maximum absolute atomic E-state index is 14.0. The van der Waals surface area contributed by atoms with Gasteiger partial charge in [-0.1, -0.05) is 40.9 Å². The number of aromatic hydroxyl groups is 1. The molecule has 0 spiro atoms. The van der Waals surface area contributed by atoms with Gasteiger partial charge in [0.05, 0.1) is 38.3 Å². The number of hydrogen-bond acceptors (Lipinski definition) is 8. The summed E-state index contributed by atoms with van der Waals surface area (Å²) in [5.74, 6) is -0.279. The highest BCUT2D eigenvalue weighted by atomic mass is 35.5. The van der Waals surface area contributed by atoms with Gasteiger partial charge in [-0.05, 0) is 70.4 Å². The van der Waals surface area contributed by atoms with E-state index in [1.54, 1.807) is 35.4 Å². The number of ether oxygens (including phenoxy) is 1. The largest absolute Gasteiger partial charge is 0.505 e. The molecule has 1 aliphatic rings. The lowest BCUT2D eigenvalue weighted by molar-refractivity contribution is 0.0184. The molecule has 1 amide bonds. The number of likely N-dealkylation sites (tertiary alicyclic amines) is 1. The van der Waals surface area contributed by atoms with Crippen LogP contribution in [0.2, 0.25) is 10.0 Å². The molecule has 1 saturated heterocycles. The van der Waals surface area contributed by atoms with Crippen molar-refractivity contribution >= 4 is 50.4 Å². The molecule has 0 radical (unpaired) electrons. The van der Waals surface area contributed by atoms with Gasteiger partial charge in [0.15, 0.2) is 11.4 Å². The number of benzene rings is 2. The van der Waals surface area contributed by atoms with E-state index in [0.717, 1.165) is 9.54 Å². The van der Waals surface area contributed by atoms with Crippen LogP contribution in [0.25, 0.3) is 33.4 Å². The van der Waals surface area contributed by atoms with Crippen LogP contribution in [0.1, 0.15) is 45.2 Å². The number of hydrogen-bond donors (Lipinski definition) is 1. The van der Waals surface area contributed by atoms with E-state index in [4.69, 9.17) is 27.9 Å². The van der Waals surface area contributed by atoms with Crippen molar-refractivity contribution in [2.45, 2.75) is 57.1 Å². The zero-order valence-corrected chi connectivity index (χ0v) is 27.9. The molecule has 0 saturated carbocycles. The highest BCUT2D eigenvalue weighted by molar-refractivity contribution is 7.90.